The number of nitrogens with zero attached hydrogens (tertiary/aromatic N) is 1. The Kier molecular flexibility index (Phi) is 9.67. The second-order valence-electron chi connectivity index (χ2n) is 20.3. The van der Waals surface area contributed by atoms with Gasteiger partial charge in [0.05, 0.1) is 17.1 Å². The van der Waals surface area contributed by atoms with Crippen LogP contribution in [0.1, 0.15) is 127 Å². The largest absolute Gasteiger partial charge is 0.478 e. The van der Waals surface area contributed by atoms with Crippen LogP contribution in [0.3, 0.4) is 0 Å². The lowest BCUT2D eigenvalue weighted by molar-refractivity contribution is -0.219. The molecular formula is C48H64N2O5S. The molecule has 0 radical (unpaired) electrons. The van der Waals surface area contributed by atoms with E-state index in [0.717, 1.165) is 49.7 Å². The van der Waals surface area contributed by atoms with Crippen molar-refractivity contribution >= 4 is 27.3 Å². The Bertz CT molecular complexity index is 2030. The molecule has 0 aromatic heterocycles. The molecule has 5 aliphatic carbocycles. The van der Waals surface area contributed by atoms with Gasteiger partial charge in [-0.15, -0.1) is 0 Å². The Labute approximate surface area is 335 Å². The van der Waals surface area contributed by atoms with Crippen LogP contribution in [0.5, 0.6) is 0 Å². The third-order valence-corrected chi connectivity index (χ3v) is 19.2. The second-order valence-corrected chi connectivity index (χ2v) is 22.6. The summed E-state index contributed by atoms with van der Waals surface area (Å²) in [7, 11) is -3.09. The molecule has 0 bridgehead atoms. The number of hydrogen-bond donors (Lipinski definition) is 2. The van der Waals surface area contributed by atoms with E-state index in [4.69, 9.17) is 0 Å². The van der Waals surface area contributed by atoms with Gasteiger partial charge in [-0.1, -0.05) is 95.3 Å². The van der Waals surface area contributed by atoms with Crippen LogP contribution in [0.15, 0.2) is 72.8 Å². The van der Waals surface area contributed by atoms with Gasteiger partial charge in [-0.05, 0) is 145 Å². The van der Waals surface area contributed by atoms with Gasteiger partial charge in [0, 0.05) is 18.6 Å². The zero-order valence-electron chi connectivity index (χ0n) is 34.6. The van der Waals surface area contributed by atoms with Gasteiger partial charge in [0.25, 0.3) is 0 Å². The van der Waals surface area contributed by atoms with E-state index in [0.29, 0.717) is 48.2 Å². The van der Waals surface area contributed by atoms with E-state index in [1.807, 2.05) is 42.5 Å². The van der Waals surface area contributed by atoms with Crippen molar-refractivity contribution in [1.29, 1.82) is 0 Å². The lowest BCUT2D eigenvalue weighted by Crippen LogP contribution is -2.68. The highest BCUT2D eigenvalue weighted by molar-refractivity contribution is 7.91. The van der Waals surface area contributed by atoms with Crippen LogP contribution in [0.25, 0.3) is 5.57 Å². The number of carboxylic acids is 1. The van der Waals surface area contributed by atoms with Gasteiger partial charge in [-0.2, -0.15) is 0 Å². The molecule has 2 N–H and O–H groups in total. The van der Waals surface area contributed by atoms with Gasteiger partial charge in [0.1, 0.15) is 6.04 Å². The maximum absolute atomic E-state index is 14.9. The van der Waals surface area contributed by atoms with E-state index in [2.05, 4.69) is 64.4 Å². The number of hydrogen-bond acceptors (Lipinski definition) is 5. The highest BCUT2D eigenvalue weighted by Crippen LogP contribution is 2.76. The summed E-state index contributed by atoms with van der Waals surface area (Å²) in [4.78, 5) is 28.6. The Balaban J connectivity index is 1.10. The molecular weight excluding hydrogens is 717 g/mol. The van der Waals surface area contributed by atoms with Crippen molar-refractivity contribution in [3.8, 4) is 0 Å². The smallest absolute Gasteiger partial charge is 0.335 e. The van der Waals surface area contributed by atoms with Crippen LogP contribution in [0, 0.1) is 51.2 Å². The Morgan fingerprint density at radius 3 is 2.16 bits per heavy atom. The molecule has 1 unspecified atom stereocenters. The third-order valence-electron chi connectivity index (χ3n) is 17.6. The normalized spacial score (nSPS) is 39.1. The van der Waals surface area contributed by atoms with Crippen molar-refractivity contribution in [2.75, 3.05) is 24.6 Å². The molecule has 1 amide bonds. The molecule has 1 aliphatic heterocycles. The van der Waals surface area contributed by atoms with Crippen molar-refractivity contribution < 1.29 is 23.1 Å². The fraction of sp³-hybridized carbons (Fsp3) is 0.625. The molecule has 1 heterocycles. The van der Waals surface area contributed by atoms with Gasteiger partial charge in [-0.3, -0.25) is 9.69 Å². The molecule has 7 nitrogen and oxygen atoms in total. The van der Waals surface area contributed by atoms with Gasteiger partial charge < -0.3 is 10.4 Å². The number of sulfone groups is 1. The summed E-state index contributed by atoms with van der Waals surface area (Å²) in [5, 5.41) is 13.3. The molecule has 5 fully saturated rings. The molecule has 4 saturated carbocycles. The summed E-state index contributed by atoms with van der Waals surface area (Å²) >= 11 is 0. The van der Waals surface area contributed by atoms with E-state index < -0.39 is 21.8 Å². The summed E-state index contributed by atoms with van der Waals surface area (Å²) in [5.41, 5.74) is 5.03. The minimum Gasteiger partial charge on any atom is -0.478 e. The van der Waals surface area contributed by atoms with Crippen molar-refractivity contribution in [3.63, 3.8) is 0 Å². The summed E-state index contributed by atoms with van der Waals surface area (Å²) in [6.07, 6.45) is 12.3. The SMILES string of the molecule is C=C(C)[C@@H]1CC[C@]2(NC(=O)C(c3ccccc3)N3CCS(=O)(=O)CC3)CC[C@]3(C)[C@H](CC[C@@H]4[C@@]5(C)CC=C(c6ccc(C(=O)O)cc6)C(C)(C)[C@@H]5CC[C@]43C)[C@@H]12. The van der Waals surface area contributed by atoms with Crippen molar-refractivity contribution in [3.05, 3.63) is 89.5 Å². The number of fused-ring (bicyclic) bond motifs is 7. The van der Waals surface area contributed by atoms with Crippen LogP contribution in [-0.2, 0) is 14.6 Å². The Hall–Kier alpha value is -3.23. The average molecular weight is 781 g/mol. The van der Waals surface area contributed by atoms with Gasteiger partial charge >= 0.3 is 5.97 Å². The van der Waals surface area contributed by atoms with E-state index in [1.165, 1.54) is 30.4 Å². The molecule has 0 spiro atoms. The van der Waals surface area contributed by atoms with Gasteiger partial charge in [-0.25, -0.2) is 13.2 Å². The van der Waals surface area contributed by atoms with Crippen LogP contribution in [-0.4, -0.2) is 60.4 Å². The van der Waals surface area contributed by atoms with E-state index in [9.17, 15) is 23.1 Å². The average Bonchev–Trinajstić information content (AvgIpc) is 3.52. The molecule has 1 saturated heterocycles. The van der Waals surface area contributed by atoms with Crippen LogP contribution in [0.4, 0.5) is 0 Å². The monoisotopic (exact) mass is 780 g/mol. The molecule has 8 rings (SSSR count). The Morgan fingerprint density at radius 1 is 0.839 bits per heavy atom. The standard InChI is InChI=1S/C48H64N2O5S/c1-31(2)35-19-24-48(49-42(51)41(33-11-9-8-10-12-33)50-27-29-56(54,55)30-28-50)26-25-46(6)37(40(35)48)17-18-39-45(5)22-20-36(32-13-15-34(16-14-32)43(52)53)44(3,4)38(45)21-23-47(39,46)7/h8-16,20,35,37-41H,1,17-19,21-30H2,2-7H3,(H,49,51)(H,52,53)/t35-,37+,38-,39+,40+,41?,45-,46+,47+,48-/m0/s1. The number of nitrogens with one attached hydrogen (secondary N) is 1. The third kappa shape index (κ3) is 6.00. The highest BCUT2D eigenvalue weighted by atomic mass is 32.2. The summed E-state index contributed by atoms with van der Waals surface area (Å²) in [6.45, 7) is 20.3. The molecule has 2 aromatic rings. The lowest BCUT2D eigenvalue weighted by Gasteiger charge is -2.72. The van der Waals surface area contributed by atoms with Crippen molar-refractivity contribution in [2.24, 2.45) is 51.2 Å². The predicted octanol–water partition coefficient (Wildman–Crippen LogP) is 9.38. The minimum absolute atomic E-state index is 0.0176. The molecule has 10 atom stereocenters. The topological polar surface area (TPSA) is 104 Å². The van der Waals surface area contributed by atoms with Gasteiger partial charge in [0.2, 0.25) is 5.91 Å². The Morgan fingerprint density at radius 2 is 1.52 bits per heavy atom. The summed E-state index contributed by atoms with van der Waals surface area (Å²) in [6, 6.07) is 16.9. The first-order valence-corrected chi connectivity index (χ1v) is 23.2. The zero-order valence-corrected chi connectivity index (χ0v) is 35.4. The van der Waals surface area contributed by atoms with E-state index >= 15 is 0 Å². The maximum Gasteiger partial charge on any atom is 0.335 e. The quantitative estimate of drug-likeness (QED) is 0.272. The molecule has 6 aliphatic rings. The van der Waals surface area contributed by atoms with E-state index in [1.54, 1.807) is 12.1 Å². The number of carbonyl (C=O) groups excluding carboxylic acids is 1. The lowest BCUT2D eigenvalue weighted by atomic mass is 9.33. The number of allylic oxidation sites excluding steroid dienone is 3. The van der Waals surface area contributed by atoms with Gasteiger partial charge in [0.15, 0.2) is 9.84 Å². The number of carboxylic acid groups (broad SMARTS) is 1. The first-order valence-electron chi connectivity index (χ1n) is 21.4. The van der Waals surface area contributed by atoms with Crippen LogP contribution < -0.4 is 5.32 Å². The summed E-state index contributed by atoms with van der Waals surface area (Å²) < 4.78 is 24.9. The van der Waals surface area contributed by atoms with Crippen LogP contribution >= 0.6 is 0 Å². The molecule has 8 heteroatoms. The first-order chi connectivity index (χ1) is 26.4. The highest BCUT2D eigenvalue weighted by Gasteiger charge is 2.70. The number of benzene rings is 2. The van der Waals surface area contributed by atoms with Crippen LogP contribution in [0.2, 0.25) is 0 Å². The fourth-order valence-electron chi connectivity index (χ4n) is 14.7. The minimum atomic E-state index is -3.09. The maximum atomic E-state index is 14.9. The van der Waals surface area contributed by atoms with Crippen molar-refractivity contribution in [2.45, 2.75) is 111 Å². The second kappa shape index (κ2) is 13.7. The first kappa shape index (κ1) is 39.6. The molecule has 56 heavy (non-hydrogen) atoms. The zero-order chi connectivity index (χ0) is 40.1. The molecule has 2 aromatic carbocycles. The van der Waals surface area contributed by atoms with E-state index in [-0.39, 0.29) is 44.6 Å². The number of amides is 1. The van der Waals surface area contributed by atoms with Crippen molar-refractivity contribution in [1.82, 2.24) is 10.2 Å². The number of carbonyl (C=O) groups is 2. The fourth-order valence-corrected chi connectivity index (χ4v) is 15.9. The summed E-state index contributed by atoms with van der Waals surface area (Å²) in [5.74, 6) is 1.53. The number of aromatic carboxylic acids is 1. The molecule has 302 valence electrons. The number of rotatable bonds is 7. The predicted molar refractivity (Wildman–Crippen MR) is 224 cm³/mol.